The average molecular weight is 163 g/mol. The molecule has 0 aromatic carbocycles. The summed E-state index contributed by atoms with van der Waals surface area (Å²) in [6.45, 7) is 1.10. The number of hydrogen-bond acceptors (Lipinski definition) is 5. The highest BCUT2D eigenvalue weighted by molar-refractivity contribution is 5.69. The van der Waals surface area contributed by atoms with Gasteiger partial charge in [-0.05, 0) is 0 Å². The summed E-state index contributed by atoms with van der Waals surface area (Å²) in [5.41, 5.74) is 5.15. The smallest absolute Gasteiger partial charge is 0.307 e. The molecule has 2 atom stereocenters. The lowest BCUT2D eigenvalue weighted by atomic mass is 10.3. The molecule has 0 rings (SSSR count). The summed E-state index contributed by atoms with van der Waals surface area (Å²) in [7, 11) is 0. The molecule has 2 unspecified atom stereocenters. The topological polar surface area (TPSA) is 92.8 Å². The summed E-state index contributed by atoms with van der Waals surface area (Å²) < 4.78 is 4.48. The van der Waals surface area contributed by atoms with Crippen LogP contribution in [-0.4, -0.2) is 35.1 Å². The molecule has 0 saturated carbocycles. The number of hydrogen-bond donors (Lipinski definition) is 3. The predicted octanol–water partition coefficient (Wildman–Crippen LogP) is -1.42. The van der Waals surface area contributed by atoms with Crippen LogP contribution in [0.2, 0.25) is 0 Å². The maximum Gasteiger partial charge on any atom is 0.307 e. The fourth-order valence-electron chi connectivity index (χ4n) is 0.418. The molecular formula is C6H13NO4. The van der Waals surface area contributed by atoms with Gasteiger partial charge in [-0.1, -0.05) is 6.92 Å². The summed E-state index contributed by atoms with van der Waals surface area (Å²) >= 11 is 0. The Kier molecular flexibility index (Phi) is 4.76. The van der Waals surface area contributed by atoms with Gasteiger partial charge < -0.3 is 14.9 Å². The van der Waals surface area contributed by atoms with Gasteiger partial charge in [0.1, 0.15) is 6.10 Å². The van der Waals surface area contributed by atoms with Crippen LogP contribution < -0.4 is 5.73 Å². The molecule has 0 fully saturated rings. The van der Waals surface area contributed by atoms with Crippen molar-refractivity contribution < 1.29 is 19.7 Å². The fraction of sp³-hybridized carbons (Fsp3) is 0.833. The molecule has 11 heavy (non-hydrogen) atoms. The quantitative estimate of drug-likeness (QED) is 0.349. The van der Waals surface area contributed by atoms with Crippen LogP contribution in [0.25, 0.3) is 0 Å². The minimum atomic E-state index is -1.20. The molecule has 66 valence electrons. The zero-order valence-electron chi connectivity index (χ0n) is 6.36. The van der Waals surface area contributed by atoms with E-state index in [9.17, 15) is 4.79 Å². The maximum absolute atomic E-state index is 10.5. The van der Waals surface area contributed by atoms with Gasteiger partial charge in [0.05, 0.1) is 6.61 Å². The summed E-state index contributed by atoms with van der Waals surface area (Å²) in [4.78, 5) is 10.5. The Balaban J connectivity index is 3.67. The maximum atomic E-state index is 10.5. The molecule has 0 aliphatic heterocycles. The van der Waals surface area contributed by atoms with E-state index < -0.39 is 24.9 Å². The molecule has 5 nitrogen and oxygen atoms in total. The van der Waals surface area contributed by atoms with Crippen molar-refractivity contribution in [2.24, 2.45) is 5.73 Å². The van der Waals surface area contributed by atoms with E-state index in [-0.39, 0.29) is 6.42 Å². The van der Waals surface area contributed by atoms with Crippen molar-refractivity contribution in [1.82, 2.24) is 0 Å². The van der Waals surface area contributed by atoms with Crippen LogP contribution in [0.4, 0.5) is 0 Å². The zero-order chi connectivity index (χ0) is 8.85. The highest BCUT2D eigenvalue weighted by Crippen LogP contribution is 1.94. The van der Waals surface area contributed by atoms with Gasteiger partial charge in [0.2, 0.25) is 0 Å². The van der Waals surface area contributed by atoms with Gasteiger partial charge in [-0.2, -0.15) is 0 Å². The third-order valence-corrected chi connectivity index (χ3v) is 1.12. The van der Waals surface area contributed by atoms with Gasteiger partial charge in [-0.25, -0.2) is 0 Å². The first-order valence-corrected chi connectivity index (χ1v) is 3.35. The van der Waals surface area contributed by atoms with E-state index in [0.717, 1.165) is 0 Å². The van der Waals surface area contributed by atoms with Crippen LogP contribution in [-0.2, 0) is 9.53 Å². The number of esters is 1. The third-order valence-electron chi connectivity index (χ3n) is 1.12. The molecule has 4 N–H and O–H groups in total. The minimum Gasteiger partial charge on any atom is -0.444 e. The van der Waals surface area contributed by atoms with Crippen LogP contribution in [0, 0.1) is 0 Å². The number of aliphatic hydroxyl groups excluding tert-OH is 2. The van der Waals surface area contributed by atoms with Gasteiger partial charge in [-0.15, -0.1) is 0 Å². The Hall–Kier alpha value is -0.650. The Bertz CT molecular complexity index is 128. The lowest BCUT2D eigenvalue weighted by molar-refractivity contribution is -0.155. The number of ether oxygens (including phenoxy) is 1. The monoisotopic (exact) mass is 163 g/mol. The van der Waals surface area contributed by atoms with Gasteiger partial charge in [0.15, 0.2) is 6.23 Å². The van der Waals surface area contributed by atoms with Crippen molar-refractivity contribution in [3.8, 4) is 0 Å². The molecule has 0 spiro atoms. The number of rotatable bonds is 4. The second-order valence-electron chi connectivity index (χ2n) is 2.06. The number of carbonyl (C=O) groups is 1. The number of nitrogens with two attached hydrogens (primary N) is 1. The molecule has 0 aromatic heterocycles. The fourth-order valence-corrected chi connectivity index (χ4v) is 0.418. The van der Waals surface area contributed by atoms with Crippen molar-refractivity contribution >= 4 is 5.97 Å². The summed E-state index contributed by atoms with van der Waals surface area (Å²) in [5.74, 6) is -0.495. The largest absolute Gasteiger partial charge is 0.444 e. The van der Waals surface area contributed by atoms with Gasteiger partial charge in [-0.3, -0.25) is 10.5 Å². The van der Waals surface area contributed by atoms with E-state index in [4.69, 9.17) is 15.9 Å². The molecule has 0 heterocycles. The van der Waals surface area contributed by atoms with Gasteiger partial charge in [0, 0.05) is 6.42 Å². The van der Waals surface area contributed by atoms with Crippen molar-refractivity contribution in [2.75, 3.05) is 6.61 Å². The second kappa shape index (κ2) is 5.06. The summed E-state index contributed by atoms with van der Waals surface area (Å²) in [5, 5.41) is 17.2. The molecule has 0 amide bonds. The Morgan fingerprint density at radius 3 is 2.64 bits per heavy atom. The van der Waals surface area contributed by atoms with Crippen LogP contribution in [0.15, 0.2) is 0 Å². The number of carbonyl (C=O) groups excluding carboxylic acids is 1. The lowest BCUT2D eigenvalue weighted by Gasteiger charge is -2.16. The molecular weight excluding hydrogens is 150 g/mol. The van der Waals surface area contributed by atoms with Crippen molar-refractivity contribution in [2.45, 2.75) is 25.7 Å². The molecule has 0 bridgehead atoms. The minimum absolute atomic E-state index is 0.200. The van der Waals surface area contributed by atoms with Gasteiger partial charge in [0.25, 0.3) is 0 Å². The molecule has 0 aliphatic carbocycles. The van der Waals surface area contributed by atoms with E-state index in [1.165, 1.54) is 0 Å². The Morgan fingerprint density at radius 2 is 2.27 bits per heavy atom. The molecule has 5 heteroatoms. The van der Waals surface area contributed by atoms with E-state index >= 15 is 0 Å². The van der Waals surface area contributed by atoms with Crippen molar-refractivity contribution in [1.29, 1.82) is 0 Å². The highest BCUT2D eigenvalue weighted by atomic mass is 16.6. The van der Waals surface area contributed by atoms with Crippen molar-refractivity contribution in [3.63, 3.8) is 0 Å². The van der Waals surface area contributed by atoms with Crippen LogP contribution in [0.1, 0.15) is 13.3 Å². The molecule has 0 radical (unpaired) electrons. The third kappa shape index (κ3) is 3.92. The van der Waals surface area contributed by atoms with E-state index in [0.29, 0.717) is 0 Å². The molecule has 0 aliphatic rings. The van der Waals surface area contributed by atoms with E-state index in [2.05, 4.69) is 4.74 Å². The zero-order valence-corrected chi connectivity index (χ0v) is 6.36. The normalized spacial score (nSPS) is 15.6. The van der Waals surface area contributed by atoms with Crippen LogP contribution in [0.3, 0.4) is 0 Å². The Labute approximate surface area is 64.8 Å². The van der Waals surface area contributed by atoms with Crippen LogP contribution in [0.5, 0.6) is 0 Å². The predicted molar refractivity (Wildman–Crippen MR) is 37.5 cm³/mol. The van der Waals surface area contributed by atoms with Crippen molar-refractivity contribution in [3.05, 3.63) is 0 Å². The standard InChI is InChI=1S/C6H13NO4/c1-2-5(10)11-6(7)4(9)3-8/h4,6,8-9H,2-3,7H2,1H3. The first kappa shape index (κ1) is 10.3. The second-order valence-corrected chi connectivity index (χ2v) is 2.06. The Morgan fingerprint density at radius 1 is 1.73 bits per heavy atom. The first-order valence-electron chi connectivity index (χ1n) is 3.35. The van der Waals surface area contributed by atoms with Gasteiger partial charge >= 0.3 is 5.97 Å². The van der Waals surface area contributed by atoms with E-state index in [1.54, 1.807) is 6.92 Å². The molecule has 0 aromatic rings. The molecule has 0 saturated heterocycles. The summed E-state index contributed by atoms with van der Waals surface area (Å²) in [6.07, 6.45) is -2.13. The highest BCUT2D eigenvalue weighted by Gasteiger charge is 2.16. The van der Waals surface area contributed by atoms with E-state index in [1.807, 2.05) is 0 Å². The van der Waals surface area contributed by atoms with Crippen LogP contribution >= 0.6 is 0 Å². The average Bonchev–Trinajstić information content (AvgIpc) is 2.02. The first-order chi connectivity index (χ1) is 5.11. The summed E-state index contributed by atoms with van der Waals surface area (Å²) in [6, 6.07) is 0. The lowest BCUT2D eigenvalue weighted by Crippen LogP contribution is -2.40. The SMILES string of the molecule is CCC(=O)OC(N)C(O)CO. The number of aliphatic hydroxyl groups is 2.